The van der Waals surface area contributed by atoms with Crippen molar-refractivity contribution in [3.8, 4) is 22.9 Å². The molecule has 8 aromatic carbocycles. The van der Waals surface area contributed by atoms with E-state index in [-0.39, 0.29) is 0 Å². The Morgan fingerprint density at radius 3 is 1.79 bits per heavy atom. The van der Waals surface area contributed by atoms with Crippen LogP contribution in [0.3, 0.4) is 0 Å². The van der Waals surface area contributed by atoms with Crippen LogP contribution in [0.15, 0.2) is 170 Å². The maximum atomic E-state index is 5.54. The van der Waals surface area contributed by atoms with Crippen molar-refractivity contribution in [1.29, 1.82) is 0 Å². The molecule has 0 atom stereocenters. The zero-order valence-corrected chi connectivity index (χ0v) is 29.2. The molecule has 0 saturated heterocycles. The zero-order chi connectivity index (χ0) is 34.6. The molecule has 246 valence electrons. The lowest BCUT2D eigenvalue weighted by Crippen LogP contribution is -2.03. The van der Waals surface area contributed by atoms with Crippen molar-refractivity contribution in [2.24, 2.45) is 0 Å². The molecular formula is C48H28N4S. The number of hydrogen-bond donors (Lipinski definition) is 0. The summed E-state index contributed by atoms with van der Waals surface area (Å²) >= 11 is 1.85. The molecule has 0 amide bonds. The van der Waals surface area contributed by atoms with Crippen molar-refractivity contribution in [1.82, 2.24) is 19.1 Å². The second-order valence-corrected chi connectivity index (χ2v) is 14.8. The van der Waals surface area contributed by atoms with Crippen molar-refractivity contribution < 1.29 is 0 Å². The van der Waals surface area contributed by atoms with Gasteiger partial charge in [-0.15, -0.1) is 11.3 Å². The van der Waals surface area contributed by atoms with Crippen molar-refractivity contribution in [2.75, 3.05) is 0 Å². The fourth-order valence-electron chi connectivity index (χ4n) is 8.63. The number of benzene rings is 8. The van der Waals surface area contributed by atoms with Crippen LogP contribution >= 0.6 is 11.3 Å². The molecule has 0 spiro atoms. The highest BCUT2D eigenvalue weighted by Crippen LogP contribution is 2.44. The first-order valence-electron chi connectivity index (χ1n) is 17.9. The Bertz CT molecular complexity index is 3460. The molecule has 0 N–H and O–H groups in total. The maximum absolute atomic E-state index is 5.54. The number of fused-ring (bicyclic) bond motifs is 12. The van der Waals surface area contributed by atoms with E-state index in [0.717, 1.165) is 38.9 Å². The van der Waals surface area contributed by atoms with Gasteiger partial charge in [-0.25, -0.2) is 9.97 Å². The Balaban J connectivity index is 1.18. The van der Waals surface area contributed by atoms with E-state index in [1.54, 1.807) is 0 Å². The summed E-state index contributed by atoms with van der Waals surface area (Å²) in [5.74, 6) is 0.667. The predicted molar refractivity (Wildman–Crippen MR) is 224 cm³/mol. The summed E-state index contributed by atoms with van der Waals surface area (Å²) in [5.41, 5.74) is 8.67. The Labute approximate surface area is 307 Å². The summed E-state index contributed by atoms with van der Waals surface area (Å²) in [6.45, 7) is 0. The average Bonchev–Trinajstić information content (AvgIpc) is 3.87. The van der Waals surface area contributed by atoms with Crippen LogP contribution in [-0.4, -0.2) is 19.1 Å². The molecule has 0 aliphatic carbocycles. The monoisotopic (exact) mass is 692 g/mol. The van der Waals surface area contributed by atoms with Gasteiger partial charge in [-0.05, 0) is 65.4 Å². The van der Waals surface area contributed by atoms with Crippen LogP contribution in [0.1, 0.15) is 0 Å². The van der Waals surface area contributed by atoms with E-state index in [1.807, 2.05) is 11.3 Å². The van der Waals surface area contributed by atoms with Crippen molar-refractivity contribution in [3.05, 3.63) is 170 Å². The van der Waals surface area contributed by atoms with E-state index in [0.29, 0.717) is 5.95 Å². The number of aromatic nitrogens is 4. The topological polar surface area (TPSA) is 35.6 Å². The van der Waals surface area contributed by atoms with E-state index in [2.05, 4.69) is 179 Å². The summed E-state index contributed by atoms with van der Waals surface area (Å²) in [4.78, 5) is 10.8. The molecular weight excluding hydrogens is 665 g/mol. The first-order valence-corrected chi connectivity index (χ1v) is 18.7. The second kappa shape index (κ2) is 10.8. The number of nitrogens with zero attached hydrogens (tertiary/aromatic N) is 4. The molecule has 0 fully saturated rings. The van der Waals surface area contributed by atoms with Gasteiger partial charge in [0.25, 0.3) is 0 Å². The third kappa shape index (κ3) is 4.05. The molecule has 0 unspecified atom stereocenters. The van der Waals surface area contributed by atoms with Crippen LogP contribution in [0.5, 0.6) is 0 Å². The van der Waals surface area contributed by atoms with E-state index in [9.17, 15) is 0 Å². The molecule has 4 aromatic heterocycles. The van der Waals surface area contributed by atoms with Gasteiger partial charge in [0.05, 0.1) is 33.3 Å². The Hall–Kier alpha value is -6.82. The minimum atomic E-state index is 0.667. The van der Waals surface area contributed by atoms with Crippen molar-refractivity contribution >= 4 is 96.8 Å². The third-order valence-corrected chi connectivity index (χ3v) is 12.1. The average molecular weight is 693 g/mol. The molecule has 4 heterocycles. The largest absolute Gasteiger partial charge is 0.309 e. The normalized spacial score (nSPS) is 12.2. The van der Waals surface area contributed by atoms with Crippen LogP contribution in [0.4, 0.5) is 0 Å². The lowest BCUT2D eigenvalue weighted by Gasteiger charge is -2.12. The van der Waals surface area contributed by atoms with Gasteiger partial charge < -0.3 is 4.57 Å². The standard InChI is InChI=1S/C48H28N4S/c1-2-15-31(16-3-1)51-39-23-10-7-18-34(39)44-41(51)25-26-42-45(44)35-19-8-11-24-40(35)52(42)48-49-38-22-9-6-17-33(38)46(50-48)36-21-12-20-32-37-27-29-13-4-5-14-30(29)28-43(37)53-47(32)36/h1-28H. The van der Waals surface area contributed by atoms with Crippen LogP contribution in [0.25, 0.3) is 108 Å². The molecule has 12 aromatic rings. The van der Waals surface area contributed by atoms with Crippen molar-refractivity contribution in [2.45, 2.75) is 0 Å². The zero-order valence-electron chi connectivity index (χ0n) is 28.4. The van der Waals surface area contributed by atoms with Gasteiger partial charge >= 0.3 is 0 Å². The molecule has 53 heavy (non-hydrogen) atoms. The van der Waals surface area contributed by atoms with Gasteiger partial charge in [0, 0.05) is 58.4 Å². The van der Waals surface area contributed by atoms with E-state index >= 15 is 0 Å². The summed E-state index contributed by atoms with van der Waals surface area (Å²) in [5, 5.41) is 11.0. The molecule has 0 bridgehead atoms. The third-order valence-electron chi connectivity index (χ3n) is 10.9. The number of thiophene rings is 1. The Morgan fingerprint density at radius 2 is 1.02 bits per heavy atom. The van der Waals surface area contributed by atoms with Gasteiger partial charge in [0.1, 0.15) is 0 Å². The summed E-state index contributed by atoms with van der Waals surface area (Å²) < 4.78 is 7.18. The lowest BCUT2D eigenvalue weighted by molar-refractivity contribution is 1.01. The van der Waals surface area contributed by atoms with E-state index < -0.39 is 0 Å². The highest BCUT2D eigenvalue weighted by atomic mass is 32.1. The highest BCUT2D eigenvalue weighted by Gasteiger charge is 2.23. The smallest absolute Gasteiger partial charge is 0.235 e. The molecule has 0 aliphatic heterocycles. The summed E-state index contributed by atoms with van der Waals surface area (Å²) in [6, 6.07) is 61.0. The summed E-state index contributed by atoms with van der Waals surface area (Å²) in [6.07, 6.45) is 0. The number of para-hydroxylation sites is 4. The molecule has 0 radical (unpaired) electrons. The van der Waals surface area contributed by atoms with Crippen LogP contribution in [0.2, 0.25) is 0 Å². The summed E-state index contributed by atoms with van der Waals surface area (Å²) in [7, 11) is 0. The first-order chi connectivity index (χ1) is 26.3. The Kier molecular flexibility index (Phi) is 5.90. The number of hydrogen-bond acceptors (Lipinski definition) is 3. The molecule has 0 aliphatic rings. The van der Waals surface area contributed by atoms with Gasteiger partial charge in [-0.1, -0.05) is 115 Å². The van der Waals surface area contributed by atoms with Crippen LogP contribution < -0.4 is 0 Å². The fourth-order valence-corrected chi connectivity index (χ4v) is 9.88. The van der Waals surface area contributed by atoms with Gasteiger partial charge in [0.2, 0.25) is 5.95 Å². The minimum Gasteiger partial charge on any atom is -0.309 e. The quantitative estimate of drug-likeness (QED) is 0.185. The predicted octanol–water partition coefficient (Wildman–Crippen LogP) is 13.0. The molecule has 4 nitrogen and oxygen atoms in total. The maximum Gasteiger partial charge on any atom is 0.235 e. The van der Waals surface area contributed by atoms with Gasteiger partial charge in [-0.2, -0.15) is 0 Å². The van der Waals surface area contributed by atoms with Crippen LogP contribution in [0, 0.1) is 0 Å². The molecule has 5 heteroatoms. The van der Waals surface area contributed by atoms with Crippen molar-refractivity contribution in [3.63, 3.8) is 0 Å². The molecule has 0 saturated carbocycles. The van der Waals surface area contributed by atoms with E-state index in [4.69, 9.17) is 9.97 Å². The fraction of sp³-hybridized carbons (Fsp3) is 0. The number of rotatable bonds is 3. The first kappa shape index (κ1) is 28.8. The Morgan fingerprint density at radius 1 is 0.415 bits per heavy atom. The van der Waals surface area contributed by atoms with Gasteiger partial charge in [0.15, 0.2) is 0 Å². The second-order valence-electron chi connectivity index (χ2n) is 13.8. The van der Waals surface area contributed by atoms with E-state index in [1.165, 1.54) is 63.5 Å². The lowest BCUT2D eigenvalue weighted by atomic mass is 10.0. The SMILES string of the molecule is c1ccc(-n2c3ccccc3c3c4c5ccccc5n(-c5nc(-c6cccc7c6sc6cc8ccccc8cc67)c6ccccc6n5)c4ccc32)cc1. The minimum absolute atomic E-state index is 0.667. The van der Waals surface area contributed by atoms with Gasteiger partial charge in [-0.3, -0.25) is 4.57 Å². The highest BCUT2D eigenvalue weighted by molar-refractivity contribution is 7.26. The van der Waals surface area contributed by atoms with Crippen LogP contribution in [-0.2, 0) is 0 Å². The molecule has 12 rings (SSSR count).